The Bertz CT molecular complexity index is 695. The Balaban J connectivity index is 2.04. The van der Waals surface area contributed by atoms with Gasteiger partial charge in [-0.15, -0.1) is 0 Å². The molecule has 1 N–H and O–H groups in total. The number of ether oxygens (including phenoxy) is 1. The van der Waals surface area contributed by atoms with Crippen molar-refractivity contribution in [2.45, 2.75) is 6.10 Å². The third kappa shape index (κ3) is 1.46. The molecule has 18 heavy (non-hydrogen) atoms. The third-order valence-electron chi connectivity index (χ3n) is 3.45. The molecule has 1 unspecified atom stereocenters. The van der Waals surface area contributed by atoms with Gasteiger partial charge in [0.25, 0.3) is 0 Å². The van der Waals surface area contributed by atoms with Crippen LogP contribution in [0.3, 0.4) is 0 Å². The highest BCUT2D eigenvalue weighted by Gasteiger charge is 2.30. The molecule has 2 nitrogen and oxygen atoms in total. The van der Waals surface area contributed by atoms with Gasteiger partial charge in [-0.25, -0.2) is 0 Å². The fourth-order valence-corrected chi connectivity index (χ4v) is 2.53. The fraction of sp³-hybridized carbons (Fsp3) is 0.125. The molecule has 0 bridgehead atoms. The van der Waals surface area contributed by atoms with E-state index in [-0.39, 0.29) is 6.10 Å². The van der Waals surface area contributed by atoms with Crippen molar-refractivity contribution in [3.63, 3.8) is 0 Å². The summed E-state index contributed by atoms with van der Waals surface area (Å²) in [7, 11) is 0. The van der Waals surface area contributed by atoms with Crippen LogP contribution in [-0.2, 0) is 4.74 Å². The molecule has 3 aromatic rings. The van der Waals surface area contributed by atoms with Crippen LogP contribution in [0.1, 0.15) is 11.8 Å². The van der Waals surface area contributed by atoms with Crippen LogP contribution in [0.2, 0.25) is 0 Å². The van der Waals surface area contributed by atoms with Crippen molar-refractivity contribution < 1.29 is 4.74 Å². The average Bonchev–Trinajstić information content (AvgIpc) is 3.20. The van der Waals surface area contributed by atoms with Gasteiger partial charge >= 0.3 is 0 Å². The predicted octanol–water partition coefficient (Wildman–Crippen LogP) is 3.91. The van der Waals surface area contributed by atoms with Crippen molar-refractivity contribution in [3.8, 4) is 11.1 Å². The normalized spacial score (nSPS) is 18.1. The van der Waals surface area contributed by atoms with Gasteiger partial charge in [0.1, 0.15) is 6.10 Å². The predicted molar refractivity (Wildman–Crippen MR) is 72.4 cm³/mol. The van der Waals surface area contributed by atoms with Crippen LogP contribution in [0.15, 0.2) is 54.6 Å². The molecule has 1 atom stereocenters. The fourth-order valence-electron chi connectivity index (χ4n) is 2.53. The van der Waals surface area contributed by atoms with Crippen LogP contribution in [0.25, 0.3) is 22.0 Å². The standard InChI is InChI=1S/C16H13NO/c1-2-6-11(7-3-1)15-12-8-4-5-9-13(12)17-16(15)14-10-18-14/h1-9,14,17H,10H2. The third-order valence-corrected chi connectivity index (χ3v) is 3.45. The molecule has 1 saturated heterocycles. The lowest BCUT2D eigenvalue weighted by atomic mass is 10.0. The van der Waals surface area contributed by atoms with Gasteiger partial charge in [0.15, 0.2) is 0 Å². The minimum atomic E-state index is 0.243. The molecule has 0 saturated carbocycles. The molecule has 1 aromatic heterocycles. The Morgan fingerprint density at radius 1 is 0.944 bits per heavy atom. The lowest BCUT2D eigenvalue weighted by molar-refractivity contribution is 0.413. The van der Waals surface area contributed by atoms with E-state index in [0.717, 1.165) is 6.61 Å². The second-order valence-electron chi connectivity index (χ2n) is 4.65. The lowest BCUT2D eigenvalue weighted by Gasteiger charge is -2.02. The van der Waals surface area contributed by atoms with Gasteiger partial charge in [-0.2, -0.15) is 0 Å². The molecule has 88 valence electrons. The SMILES string of the molecule is c1ccc(-c2c(C3CO3)[nH]c3ccccc23)cc1. The Hall–Kier alpha value is -2.06. The zero-order valence-corrected chi connectivity index (χ0v) is 9.89. The summed E-state index contributed by atoms with van der Waals surface area (Å²) in [6, 6.07) is 18.9. The molecule has 0 aliphatic carbocycles. The largest absolute Gasteiger partial charge is 0.366 e. The van der Waals surface area contributed by atoms with E-state index in [9.17, 15) is 0 Å². The molecule has 2 heterocycles. The zero-order chi connectivity index (χ0) is 11.9. The van der Waals surface area contributed by atoms with Crippen molar-refractivity contribution in [3.05, 3.63) is 60.3 Å². The highest BCUT2D eigenvalue weighted by molar-refractivity contribution is 5.97. The van der Waals surface area contributed by atoms with E-state index in [1.54, 1.807) is 0 Å². The first-order valence-electron chi connectivity index (χ1n) is 6.21. The molecular weight excluding hydrogens is 222 g/mol. The van der Waals surface area contributed by atoms with Crippen molar-refractivity contribution in [2.75, 3.05) is 6.61 Å². The van der Waals surface area contributed by atoms with Gasteiger partial charge in [0.2, 0.25) is 0 Å². The number of nitrogens with one attached hydrogen (secondary N) is 1. The molecule has 1 aliphatic rings. The van der Waals surface area contributed by atoms with Gasteiger partial charge in [0.05, 0.1) is 12.3 Å². The van der Waals surface area contributed by atoms with Gasteiger partial charge in [-0.1, -0.05) is 48.5 Å². The van der Waals surface area contributed by atoms with Crippen molar-refractivity contribution in [1.29, 1.82) is 0 Å². The topological polar surface area (TPSA) is 28.3 Å². The van der Waals surface area contributed by atoms with Gasteiger partial charge < -0.3 is 9.72 Å². The summed E-state index contributed by atoms with van der Waals surface area (Å²) in [5.41, 5.74) is 4.93. The number of rotatable bonds is 2. The number of para-hydroxylation sites is 1. The first-order valence-corrected chi connectivity index (χ1v) is 6.21. The monoisotopic (exact) mass is 235 g/mol. The number of aromatic nitrogens is 1. The number of fused-ring (bicyclic) bond motifs is 1. The van der Waals surface area contributed by atoms with Gasteiger partial charge in [-0.3, -0.25) is 0 Å². The first-order chi connectivity index (χ1) is 8.93. The molecule has 0 spiro atoms. The maximum Gasteiger partial charge on any atom is 0.121 e. The summed E-state index contributed by atoms with van der Waals surface area (Å²) < 4.78 is 5.46. The van der Waals surface area contributed by atoms with E-state index in [2.05, 4.69) is 53.5 Å². The van der Waals surface area contributed by atoms with E-state index in [4.69, 9.17) is 4.74 Å². The van der Waals surface area contributed by atoms with Crippen molar-refractivity contribution >= 4 is 10.9 Å². The van der Waals surface area contributed by atoms with E-state index in [0.29, 0.717) is 0 Å². The quantitative estimate of drug-likeness (QED) is 0.670. The Morgan fingerprint density at radius 3 is 2.44 bits per heavy atom. The minimum Gasteiger partial charge on any atom is -0.366 e. The summed E-state index contributed by atoms with van der Waals surface area (Å²) in [5.74, 6) is 0. The van der Waals surface area contributed by atoms with Crippen LogP contribution in [0.4, 0.5) is 0 Å². The highest BCUT2D eigenvalue weighted by atomic mass is 16.6. The Labute approximate surface area is 105 Å². The van der Waals surface area contributed by atoms with Crippen LogP contribution >= 0.6 is 0 Å². The molecule has 1 fully saturated rings. The van der Waals surface area contributed by atoms with Crippen LogP contribution in [0, 0.1) is 0 Å². The Kier molecular flexibility index (Phi) is 2.05. The maximum atomic E-state index is 5.46. The minimum absolute atomic E-state index is 0.243. The molecule has 2 aromatic carbocycles. The van der Waals surface area contributed by atoms with E-state index < -0.39 is 0 Å². The second-order valence-corrected chi connectivity index (χ2v) is 4.65. The van der Waals surface area contributed by atoms with Crippen LogP contribution < -0.4 is 0 Å². The smallest absolute Gasteiger partial charge is 0.121 e. The lowest BCUT2D eigenvalue weighted by Crippen LogP contribution is -1.85. The van der Waals surface area contributed by atoms with Crippen molar-refractivity contribution in [1.82, 2.24) is 4.98 Å². The summed E-state index contributed by atoms with van der Waals surface area (Å²) >= 11 is 0. The number of benzene rings is 2. The van der Waals surface area contributed by atoms with Crippen molar-refractivity contribution in [2.24, 2.45) is 0 Å². The average molecular weight is 235 g/mol. The van der Waals surface area contributed by atoms with Gasteiger partial charge in [-0.05, 0) is 11.6 Å². The molecule has 0 radical (unpaired) electrons. The van der Waals surface area contributed by atoms with E-state index in [1.807, 2.05) is 6.07 Å². The molecular formula is C16H13NO. The zero-order valence-electron chi connectivity index (χ0n) is 9.89. The summed E-state index contributed by atoms with van der Waals surface area (Å²) in [6.45, 7) is 0.826. The van der Waals surface area contributed by atoms with E-state index >= 15 is 0 Å². The van der Waals surface area contributed by atoms with Crippen LogP contribution in [-0.4, -0.2) is 11.6 Å². The maximum absolute atomic E-state index is 5.46. The van der Waals surface area contributed by atoms with Gasteiger partial charge in [0, 0.05) is 16.5 Å². The number of H-pyrrole nitrogens is 1. The first kappa shape index (κ1) is 9.92. The highest BCUT2D eigenvalue weighted by Crippen LogP contribution is 2.40. The van der Waals surface area contributed by atoms with E-state index in [1.165, 1.54) is 27.7 Å². The summed E-state index contributed by atoms with van der Waals surface area (Å²) in [4.78, 5) is 3.50. The number of aromatic amines is 1. The molecule has 0 amide bonds. The number of hydrogen-bond acceptors (Lipinski definition) is 1. The summed E-state index contributed by atoms with van der Waals surface area (Å²) in [5, 5.41) is 1.27. The number of hydrogen-bond donors (Lipinski definition) is 1. The van der Waals surface area contributed by atoms with Crippen LogP contribution in [0.5, 0.6) is 0 Å². The molecule has 4 rings (SSSR count). The molecule has 1 aliphatic heterocycles. The summed E-state index contributed by atoms with van der Waals surface area (Å²) in [6.07, 6.45) is 0.243. The molecule has 2 heteroatoms. The Morgan fingerprint density at radius 2 is 1.67 bits per heavy atom. The second kappa shape index (κ2) is 3.72. The number of epoxide rings is 1.